The minimum Gasteiger partial charge on any atom is -0.289 e. The summed E-state index contributed by atoms with van der Waals surface area (Å²) in [6.07, 6.45) is 0. The molecule has 70 valence electrons. The van der Waals surface area contributed by atoms with Crippen molar-refractivity contribution in [3.8, 4) is 0 Å². The van der Waals surface area contributed by atoms with E-state index >= 15 is 0 Å². The van der Waals surface area contributed by atoms with Crippen LogP contribution in [-0.2, 0) is 9.59 Å². The molecule has 0 saturated heterocycles. The molecule has 0 radical (unpaired) electrons. The van der Waals surface area contributed by atoms with Gasteiger partial charge in [0, 0.05) is 22.3 Å². The predicted molar refractivity (Wildman–Crippen MR) is 47.1 cm³/mol. The third-order valence-corrected chi connectivity index (χ3v) is 2.44. The number of rotatable bonds is 1. The van der Waals surface area contributed by atoms with E-state index in [1.807, 2.05) is 0 Å². The van der Waals surface area contributed by atoms with Gasteiger partial charge in [0.1, 0.15) is 6.67 Å². The van der Waals surface area contributed by atoms with Gasteiger partial charge in [-0.05, 0) is 20.8 Å². The largest absolute Gasteiger partial charge is 0.289 e. The summed E-state index contributed by atoms with van der Waals surface area (Å²) in [4.78, 5) is 22.8. The molecule has 0 bridgehead atoms. The zero-order chi connectivity index (χ0) is 10.2. The molecule has 3 heteroatoms. The second kappa shape index (κ2) is 3.24. The molecule has 0 heterocycles. The Morgan fingerprint density at radius 3 is 1.85 bits per heavy atom. The van der Waals surface area contributed by atoms with E-state index in [0.717, 1.165) is 0 Å². The molecule has 1 aliphatic carbocycles. The Morgan fingerprint density at radius 1 is 0.923 bits per heavy atom. The van der Waals surface area contributed by atoms with Gasteiger partial charge in [0.05, 0.1) is 0 Å². The Balaban J connectivity index is 3.29. The van der Waals surface area contributed by atoms with Crippen molar-refractivity contribution in [2.45, 2.75) is 20.8 Å². The van der Waals surface area contributed by atoms with Crippen molar-refractivity contribution in [3.05, 3.63) is 22.3 Å². The lowest BCUT2D eigenvalue weighted by atomic mass is 9.87. The van der Waals surface area contributed by atoms with E-state index in [-0.39, 0.29) is 22.7 Å². The molecule has 13 heavy (non-hydrogen) atoms. The van der Waals surface area contributed by atoms with Gasteiger partial charge < -0.3 is 0 Å². The van der Waals surface area contributed by atoms with Gasteiger partial charge in [-0.3, -0.25) is 9.59 Å². The minimum atomic E-state index is -0.860. The van der Waals surface area contributed by atoms with Crippen LogP contribution in [0.4, 0.5) is 4.39 Å². The zero-order valence-corrected chi connectivity index (χ0v) is 7.90. The number of Topliss-reactive ketones (excluding diaryl/α,β-unsaturated/α-hetero) is 2. The number of carbonyl (C=O) groups excluding carboxylic acids is 2. The first-order valence-electron chi connectivity index (χ1n) is 4.03. The summed E-state index contributed by atoms with van der Waals surface area (Å²) < 4.78 is 12.4. The molecular formula is C10H11FO2. The van der Waals surface area contributed by atoms with Crippen molar-refractivity contribution in [1.29, 1.82) is 0 Å². The summed E-state index contributed by atoms with van der Waals surface area (Å²) in [6, 6.07) is 0. The average Bonchev–Trinajstić information content (AvgIpc) is 2.13. The molecule has 0 aromatic heterocycles. The number of carbonyl (C=O) groups is 2. The Bertz CT molecular complexity index is 348. The molecule has 0 amide bonds. The van der Waals surface area contributed by atoms with E-state index in [0.29, 0.717) is 11.1 Å². The van der Waals surface area contributed by atoms with Crippen LogP contribution in [0.2, 0.25) is 0 Å². The van der Waals surface area contributed by atoms with Crippen LogP contribution in [0.5, 0.6) is 0 Å². The summed E-state index contributed by atoms with van der Waals surface area (Å²) in [7, 11) is 0. The summed E-state index contributed by atoms with van der Waals surface area (Å²) in [5.74, 6) is -0.554. The highest BCUT2D eigenvalue weighted by molar-refractivity contribution is 6.24. The lowest BCUT2D eigenvalue weighted by Gasteiger charge is -2.15. The molecule has 0 spiro atoms. The van der Waals surface area contributed by atoms with E-state index < -0.39 is 6.67 Å². The first kappa shape index (κ1) is 9.84. The fourth-order valence-electron chi connectivity index (χ4n) is 1.32. The first-order chi connectivity index (χ1) is 6.00. The summed E-state index contributed by atoms with van der Waals surface area (Å²) in [5, 5.41) is 0. The molecule has 0 aromatic rings. The van der Waals surface area contributed by atoms with Crippen molar-refractivity contribution in [2.75, 3.05) is 6.67 Å². The lowest BCUT2D eigenvalue weighted by molar-refractivity contribution is -0.116. The second-order valence-electron chi connectivity index (χ2n) is 3.15. The van der Waals surface area contributed by atoms with Gasteiger partial charge in [0.2, 0.25) is 0 Å². The second-order valence-corrected chi connectivity index (χ2v) is 3.15. The quantitative estimate of drug-likeness (QED) is 0.579. The maximum Gasteiger partial charge on any atom is 0.188 e. The van der Waals surface area contributed by atoms with Crippen LogP contribution in [-0.4, -0.2) is 18.2 Å². The van der Waals surface area contributed by atoms with Gasteiger partial charge >= 0.3 is 0 Å². The van der Waals surface area contributed by atoms with Crippen LogP contribution in [0.3, 0.4) is 0 Å². The predicted octanol–water partition coefficient (Wildman–Crippen LogP) is 1.76. The van der Waals surface area contributed by atoms with Crippen molar-refractivity contribution < 1.29 is 14.0 Å². The highest BCUT2D eigenvalue weighted by atomic mass is 19.1. The summed E-state index contributed by atoms with van der Waals surface area (Å²) in [5.41, 5.74) is 1.05. The van der Waals surface area contributed by atoms with Crippen LogP contribution in [0.15, 0.2) is 22.3 Å². The molecule has 0 atom stereocenters. The Kier molecular flexibility index (Phi) is 2.45. The number of hydrogen-bond donors (Lipinski definition) is 0. The van der Waals surface area contributed by atoms with Crippen molar-refractivity contribution in [1.82, 2.24) is 0 Å². The molecule has 1 aliphatic rings. The highest BCUT2D eigenvalue weighted by Gasteiger charge is 2.27. The van der Waals surface area contributed by atoms with Crippen molar-refractivity contribution >= 4 is 11.6 Å². The van der Waals surface area contributed by atoms with Gasteiger partial charge in [0.25, 0.3) is 0 Å². The van der Waals surface area contributed by atoms with Crippen molar-refractivity contribution in [3.63, 3.8) is 0 Å². The zero-order valence-electron chi connectivity index (χ0n) is 7.90. The van der Waals surface area contributed by atoms with Crippen LogP contribution in [0.1, 0.15) is 20.8 Å². The van der Waals surface area contributed by atoms with Crippen LogP contribution >= 0.6 is 0 Å². The Morgan fingerprint density at radius 2 is 1.38 bits per heavy atom. The number of halogens is 1. The third-order valence-electron chi connectivity index (χ3n) is 2.44. The van der Waals surface area contributed by atoms with Gasteiger partial charge in [-0.25, -0.2) is 4.39 Å². The lowest BCUT2D eigenvalue weighted by Crippen LogP contribution is -2.21. The van der Waals surface area contributed by atoms with Gasteiger partial charge in [-0.1, -0.05) is 0 Å². The van der Waals surface area contributed by atoms with Crippen molar-refractivity contribution in [2.24, 2.45) is 0 Å². The van der Waals surface area contributed by atoms with E-state index in [2.05, 4.69) is 0 Å². The topological polar surface area (TPSA) is 34.1 Å². The monoisotopic (exact) mass is 182 g/mol. The maximum atomic E-state index is 12.4. The fraction of sp³-hybridized carbons (Fsp3) is 0.400. The fourth-order valence-corrected chi connectivity index (χ4v) is 1.32. The number of hydrogen-bond acceptors (Lipinski definition) is 2. The molecule has 0 N–H and O–H groups in total. The third kappa shape index (κ3) is 1.34. The average molecular weight is 182 g/mol. The van der Waals surface area contributed by atoms with Crippen LogP contribution in [0, 0.1) is 0 Å². The van der Waals surface area contributed by atoms with Crippen LogP contribution < -0.4 is 0 Å². The number of ketones is 2. The molecular weight excluding hydrogens is 171 g/mol. The normalized spacial score (nSPS) is 18.8. The van der Waals surface area contributed by atoms with E-state index in [1.54, 1.807) is 13.8 Å². The Labute approximate surface area is 76.1 Å². The minimum absolute atomic E-state index is 0.00750. The summed E-state index contributed by atoms with van der Waals surface area (Å²) >= 11 is 0. The standard InChI is InChI=1S/C10H11FO2/c1-5-6(2)10(13)8(4-11)7(3)9(5)12/h4H2,1-3H3. The van der Waals surface area contributed by atoms with E-state index in [9.17, 15) is 14.0 Å². The molecule has 0 aliphatic heterocycles. The smallest absolute Gasteiger partial charge is 0.188 e. The molecule has 0 unspecified atom stereocenters. The van der Waals surface area contributed by atoms with Crippen LogP contribution in [0.25, 0.3) is 0 Å². The SMILES string of the molecule is CC1=C(C)C(=O)C(CF)=C(C)C1=O. The van der Waals surface area contributed by atoms with Gasteiger partial charge in [0.15, 0.2) is 11.6 Å². The first-order valence-corrected chi connectivity index (χ1v) is 4.03. The van der Waals surface area contributed by atoms with E-state index in [1.165, 1.54) is 6.92 Å². The summed E-state index contributed by atoms with van der Waals surface area (Å²) in [6.45, 7) is 3.78. The molecule has 0 fully saturated rings. The molecule has 0 aromatic carbocycles. The maximum absolute atomic E-state index is 12.4. The molecule has 0 saturated carbocycles. The number of alkyl halides is 1. The van der Waals surface area contributed by atoms with Gasteiger partial charge in [-0.15, -0.1) is 0 Å². The molecule has 1 rings (SSSR count). The molecule has 2 nitrogen and oxygen atoms in total. The number of allylic oxidation sites excluding steroid dienone is 4. The van der Waals surface area contributed by atoms with E-state index in [4.69, 9.17) is 0 Å². The Hall–Kier alpha value is -1.25. The van der Waals surface area contributed by atoms with Gasteiger partial charge in [-0.2, -0.15) is 0 Å². The highest BCUT2D eigenvalue weighted by Crippen LogP contribution is 2.23.